The molecule has 0 bridgehead atoms. The van der Waals surface area contributed by atoms with Crippen molar-refractivity contribution in [3.8, 4) is 0 Å². The van der Waals surface area contributed by atoms with Gasteiger partial charge in [0.25, 0.3) is 5.91 Å². The molecule has 180 valence electrons. The van der Waals surface area contributed by atoms with E-state index < -0.39 is 0 Å². The summed E-state index contributed by atoms with van der Waals surface area (Å²) in [7, 11) is 0. The number of thiocarbonyl (C=S) groups is 1. The Balaban J connectivity index is 2.16. The molecule has 1 aromatic rings. The van der Waals surface area contributed by atoms with Crippen LogP contribution in [0, 0.1) is 0 Å². The molecular formula is C26H43N3O2S. The summed E-state index contributed by atoms with van der Waals surface area (Å²) in [5, 5.41) is 8.90. The maximum absolute atomic E-state index is 12.2. The highest BCUT2D eigenvalue weighted by Gasteiger charge is 2.08. The minimum absolute atomic E-state index is 0.0631. The molecule has 2 amide bonds. The van der Waals surface area contributed by atoms with Crippen molar-refractivity contribution in [1.29, 1.82) is 0 Å². The Morgan fingerprint density at radius 1 is 0.812 bits per heavy atom. The van der Waals surface area contributed by atoms with Gasteiger partial charge < -0.3 is 16.0 Å². The fourth-order valence-electron chi connectivity index (χ4n) is 3.52. The maximum Gasteiger partial charge on any atom is 0.251 e. The Morgan fingerprint density at radius 2 is 1.41 bits per heavy atom. The number of amides is 2. The van der Waals surface area contributed by atoms with Crippen molar-refractivity contribution >= 4 is 34.8 Å². The molecule has 6 heteroatoms. The first-order valence-electron chi connectivity index (χ1n) is 12.6. The van der Waals surface area contributed by atoms with Crippen molar-refractivity contribution < 1.29 is 9.59 Å². The monoisotopic (exact) mass is 461 g/mol. The number of carbonyl (C=O) groups is 2. The first kappa shape index (κ1) is 28.1. The standard InChI is InChI=1S/C26H43N3O2S/c1-3-5-7-8-9-10-11-12-13-14-15-19-24(30)29-26(32)28-23-18-16-17-22(21-23)25(31)27-20-6-4-2/h16-18,21H,3-15,19-20H2,1-2H3,(H,27,31)(H2,28,29,30,32). The van der Waals surface area contributed by atoms with E-state index >= 15 is 0 Å². The quantitative estimate of drug-likeness (QED) is 0.178. The molecule has 0 saturated carbocycles. The lowest BCUT2D eigenvalue weighted by molar-refractivity contribution is -0.119. The Kier molecular flexibility index (Phi) is 16.3. The maximum atomic E-state index is 12.2. The van der Waals surface area contributed by atoms with Crippen LogP contribution in [0.15, 0.2) is 24.3 Å². The number of hydrogen-bond donors (Lipinski definition) is 3. The van der Waals surface area contributed by atoms with Gasteiger partial charge in [-0.3, -0.25) is 9.59 Å². The van der Waals surface area contributed by atoms with Gasteiger partial charge in [0.15, 0.2) is 5.11 Å². The Hall–Kier alpha value is -1.95. The van der Waals surface area contributed by atoms with Crippen LogP contribution in [0.25, 0.3) is 0 Å². The summed E-state index contributed by atoms with van der Waals surface area (Å²) in [6.07, 6.45) is 16.3. The number of carbonyl (C=O) groups excluding carboxylic acids is 2. The number of unbranched alkanes of at least 4 members (excludes halogenated alkanes) is 11. The zero-order valence-corrected chi connectivity index (χ0v) is 21.0. The molecule has 0 saturated heterocycles. The first-order valence-corrected chi connectivity index (χ1v) is 13.0. The molecule has 0 aliphatic heterocycles. The molecule has 0 heterocycles. The van der Waals surface area contributed by atoms with E-state index in [2.05, 4.69) is 29.8 Å². The van der Waals surface area contributed by atoms with Gasteiger partial charge in [-0.25, -0.2) is 0 Å². The van der Waals surface area contributed by atoms with Crippen LogP contribution in [-0.4, -0.2) is 23.5 Å². The van der Waals surface area contributed by atoms with Gasteiger partial charge >= 0.3 is 0 Å². The van der Waals surface area contributed by atoms with Gasteiger partial charge in [0, 0.05) is 24.2 Å². The molecule has 0 aliphatic carbocycles. The average Bonchev–Trinajstić information content (AvgIpc) is 2.77. The lowest BCUT2D eigenvalue weighted by Crippen LogP contribution is -2.34. The SMILES string of the molecule is CCCCCCCCCCCCCC(=O)NC(=S)Nc1cccc(C(=O)NCCCC)c1. The molecule has 5 nitrogen and oxygen atoms in total. The molecule has 0 atom stereocenters. The minimum Gasteiger partial charge on any atom is -0.352 e. The molecular weight excluding hydrogens is 418 g/mol. The van der Waals surface area contributed by atoms with Crippen LogP contribution in [0.2, 0.25) is 0 Å². The number of rotatable bonds is 17. The van der Waals surface area contributed by atoms with E-state index in [1.54, 1.807) is 18.2 Å². The van der Waals surface area contributed by atoms with Gasteiger partial charge in [-0.05, 0) is 43.3 Å². The van der Waals surface area contributed by atoms with Crippen molar-refractivity contribution in [2.45, 2.75) is 104 Å². The minimum atomic E-state index is -0.103. The third kappa shape index (κ3) is 14.2. The van der Waals surface area contributed by atoms with E-state index in [9.17, 15) is 9.59 Å². The van der Waals surface area contributed by atoms with Crippen LogP contribution < -0.4 is 16.0 Å². The Labute approximate surface area is 200 Å². The smallest absolute Gasteiger partial charge is 0.251 e. The second kappa shape index (κ2) is 18.6. The summed E-state index contributed by atoms with van der Waals surface area (Å²) >= 11 is 5.25. The van der Waals surface area contributed by atoms with Gasteiger partial charge in [0.1, 0.15) is 0 Å². The predicted molar refractivity (Wildman–Crippen MR) is 139 cm³/mol. The lowest BCUT2D eigenvalue weighted by atomic mass is 10.1. The van der Waals surface area contributed by atoms with Crippen LogP contribution >= 0.6 is 12.2 Å². The normalized spacial score (nSPS) is 10.6. The molecule has 0 fully saturated rings. The van der Waals surface area contributed by atoms with Crippen molar-refractivity contribution in [2.75, 3.05) is 11.9 Å². The second-order valence-corrected chi connectivity index (χ2v) is 8.89. The van der Waals surface area contributed by atoms with Crippen LogP contribution in [0.4, 0.5) is 5.69 Å². The van der Waals surface area contributed by atoms with Gasteiger partial charge in [-0.15, -0.1) is 0 Å². The van der Waals surface area contributed by atoms with Gasteiger partial charge in [0.2, 0.25) is 5.91 Å². The summed E-state index contributed by atoms with van der Waals surface area (Å²) < 4.78 is 0. The van der Waals surface area contributed by atoms with Crippen molar-refractivity contribution in [1.82, 2.24) is 10.6 Å². The third-order valence-corrected chi connectivity index (χ3v) is 5.66. The topological polar surface area (TPSA) is 70.2 Å². The van der Waals surface area contributed by atoms with E-state index in [0.29, 0.717) is 24.2 Å². The van der Waals surface area contributed by atoms with E-state index in [1.165, 1.54) is 57.8 Å². The van der Waals surface area contributed by atoms with Crippen molar-refractivity contribution in [3.05, 3.63) is 29.8 Å². The summed E-state index contributed by atoms with van der Waals surface area (Å²) in [5.74, 6) is -0.166. The molecule has 0 unspecified atom stereocenters. The highest BCUT2D eigenvalue weighted by Crippen LogP contribution is 2.13. The molecule has 0 aliphatic rings. The highest BCUT2D eigenvalue weighted by molar-refractivity contribution is 7.80. The lowest BCUT2D eigenvalue weighted by Gasteiger charge is -2.11. The van der Waals surface area contributed by atoms with Crippen LogP contribution in [0.1, 0.15) is 114 Å². The molecule has 0 spiro atoms. The van der Waals surface area contributed by atoms with E-state index in [-0.39, 0.29) is 16.9 Å². The Morgan fingerprint density at radius 3 is 2.03 bits per heavy atom. The van der Waals surface area contributed by atoms with Crippen LogP contribution in [0.5, 0.6) is 0 Å². The highest BCUT2D eigenvalue weighted by atomic mass is 32.1. The first-order chi connectivity index (χ1) is 15.6. The molecule has 3 N–H and O–H groups in total. The van der Waals surface area contributed by atoms with Crippen molar-refractivity contribution in [2.24, 2.45) is 0 Å². The number of benzene rings is 1. The molecule has 0 radical (unpaired) electrons. The van der Waals surface area contributed by atoms with Gasteiger partial charge in [-0.2, -0.15) is 0 Å². The molecule has 32 heavy (non-hydrogen) atoms. The average molecular weight is 462 g/mol. The summed E-state index contributed by atoms with van der Waals surface area (Å²) in [5.41, 5.74) is 1.26. The number of anilines is 1. The summed E-state index contributed by atoms with van der Waals surface area (Å²) in [6.45, 7) is 5.00. The second-order valence-electron chi connectivity index (χ2n) is 8.48. The molecule has 1 aromatic carbocycles. The summed E-state index contributed by atoms with van der Waals surface area (Å²) in [6, 6.07) is 7.13. The zero-order chi connectivity index (χ0) is 23.4. The molecule has 0 aromatic heterocycles. The van der Waals surface area contributed by atoms with Crippen LogP contribution in [-0.2, 0) is 4.79 Å². The van der Waals surface area contributed by atoms with Gasteiger partial charge in [0.05, 0.1) is 0 Å². The van der Waals surface area contributed by atoms with Crippen LogP contribution in [0.3, 0.4) is 0 Å². The van der Waals surface area contributed by atoms with Crippen molar-refractivity contribution in [3.63, 3.8) is 0 Å². The fraction of sp³-hybridized carbons (Fsp3) is 0.654. The van der Waals surface area contributed by atoms with E-state index in [0.717, 1.165) is 25.7 Å². The van der Waals surface area contributed by atoms with E-state index in [1.807, 2.05) is 6.07 Å². The van der Waals surface area contributed by atoms with E-state index in [4.69, 9.17) is 12.2 Å². The number of hydrogen-bond acceptors (Lipinski definition) is 3. The predicted octanol–water partition coefficient (Wildman–Crippen LogP) is 6.73. The zero-order valence-electron chi connectivity index (χ0n) is 20.1. The largest absolute Gasteiger partial charge is 0.352 e. The summed E-state index contributed by atoms with van der Waals surface area (Å²) in [4.78, 5) is 24.3. The Bertz CT molecular complexity index is 679. The number of nitrogens with one attached hydrogen (secondary N) is 3. The fourth-order valence-corrected chi connectivity index (χ4v) is 3.75. The third-order valence-electron chi connectivity index (χ3n) is 5.46. The van der Waals surface area contributed by atoms with Gasteiger partial charge in [-0.1, -0.05) is 90.5 Å². The molecule has 1 rings (SSSR count).